The van der Waals surface area contributed by atoms with Crippen LogP contribution in [0.5, 0.6) is 0 Å². The van der Waals surface area contributed by atoms with E-state index >= 15 is 0 Å². The lowest BCUT2D eigenvalue weighted by molar-refractivity contribution is -0.140. The van der Waals surface area contributed by atoms with Crippen LogP contribution in [0, 0.1) is 26.2 Å². The van der Waals surface area contributed by atoms with Crippen molar-refractivity contribution in [3.63, 3.8) is 0 Å². The van der Waals surface area contributed by atoms with E-state index in [2.05, 4.69) is 16.2 Å². The molecule has 0 fully saturated rings. The standard InChI is InChI=1S/C30H37N5O2/c1-19-8-15-28(31-17-19)35-21(3)25(18-32-35)27(36)16-23-11-14-26(33-20(23)2)22-9-12-24(13-10-22)34(7)29(37)30(4,5)6/h8-9,11,14-15,17-18,24H,10,12-13,16H2,1-7H3. The van der Waals surface area contributed by atoms with E-state index in [0.717, 1.165) is 47.5 Å². The Morgan fingerprint density at radius 1 is 1.08 bits per heavy atom. The number of nitrogens with zero attached hydrogens (tertiary/aromatic N) is 5. The van der Waals surface area contributed by atoms with Crippen LogP contribution < -0.4 is 0 Å². The number of pyridine rings is 2. The van der Waals surface area contributed by atoms with Crippen LogP contribution in [0.2, 0.25) is 0 Å². The number of hydrogen-bond donors (Lipinski definition) is 0. The van der Waals surface area contributed by atoms with Gasteiger partial charge in [-0.05, 0) is 68.9 Å². The summed E-state index contributed by atoms with van der Waals surface area (Å²) >= 11 is 0. The summed E-state index contributed by atoms with van der Waals surface area (Å²) in [7, 11) is 1.91. The molecule has 0 radical (unpaired) electrons. The van der Waals surface area contributed by atoms with E-state index < -0.39 is 0 Å². The van der Waals surface area contributed by atoms with Gasteiger partial charge in [-0.3, -0.25) is 14.6 Å². The van der Waals surface area contributed by atoms with Crippen molar-refractivity contribution in [1.29, 1.82) is 0 Å². The molecule has 0 bridgehead atoms. The molecule has 194 valence electrons. The first kappa shape index (κ1) is 26.5. The van der Waals surface area contributed by atoms with E-state index in [1.165, 1.54) is 5.57 Å². The third kappa shape index (κ3) is 5.71. The maximum Gasteiger partial charge on any atom is 0.227 e. The first-order valence-corrected chi connectivity index (χ1v) is 12.9. The third-order valence-electron chi connectivity index (χ3n) is 7.19. The van der Waals surface area contributed by atoms with E-state index in [-0.39, 0.29) is 29.6 Å². The molecule has 4 rings (SSSR count). The molecule has 7 nitrogen and oxygen atoms in total. The van der Waals surface area contributed by atoms with Gasteiger partial charge in [0.05, 0.1) is 23.1 Å². The van der Waals surface area contributed by atoms with Crippen molar-refractivity contribution in [3.8, 4) is 5.82 Å². The minimum absolute atomic E-state index is 0.0137. The second-order valence-corrected chi connectivity index (χ2v) is 11.1. The largest absolute Gasteiger partial charge is 0.342 e. The lowest BCUT2D eigenvalue weighted by Gasteiger charge is -2.34. The van der Waals surface area contributed by atoms with Crippen LogP contribution in [0.25, 0.3) is 11.4 Å². The molecular weight excluding hydrogens is 462 g/mol. The zero-order valence-corrected chi connectivity index (χ0v) is 23.0. The number of amides is 1. The molecule has 0 spiro atoms. The Balaban J connectivity index is 1.44. The Morgan fingerprint density at radius 2 is 1.84 bits per heavy atom. The highest BCUT2D eigenvalue weighted by Crippen LogP contribution is 2.30. The highest BCUT2D eigenvalue weighted by molar-refractivity contribution is 5.98. The van der Waals surface area contributed by atoms with Gasteiger partial charge in [-0.1, -0.05) is 39.0 Å². The third-order valence-corrected chi connectivity index (χ3v) is 7.19. The van der Waals surface area contributed by atoms with E-state index in [1.807, 2.05) is 77.8 Å². The lowest BCUT2D eigenvalue weighted by Crippen LogP contribution is -2.43. The summed E-state index contributed by atoms with van der Waals surface area (Å²) in [5.41, 5.74) is 6.00. The summed E-state index contributed by atoms with van der Waals surface area (Å²) in [6.07, 6.45) is 8.53. The van der Waals surface area contributed by atoms with Gasteiger partial charge in [-0.25, -0.2) is 9.67 Å². The molecule has 0 aliphatic heterocycles. The van der Waals surface area contributed by atoms with Crippen molar-refractivity contribution in [3.05, 3.63) is 76.5 Å². The van der Waals surface area contributed by atoms with Crippen LogP contribution in [-0.4, -0.2) is 49.4 Å². The average Bonchev–Trinajstić information content (AvgIpc) is 3.25. The van der Waals surface area contributed by atoms with Crippen LogP contribution in [0.15, 0.2) is 42.7 Å². The highest BCUT2D eigenvalue weighted by atomic mass is 16.2. The predicted octanol–water partition coefficient (Wildman–Crippen LogP) is 5.45. The molecule has 7 heteroatoms. The first-order valence-electron chi connectivity index (χ1n) is 12.9. The normalized spacial score (nSPS) is 15.9. The number of Topliss-reactive ketones (excluding diaryl/α,β-unsaturated/α-hetero) is 1. The number of aryl methyl sites for hydroxylation is 2. The Morgan fingerprint density at radius 3 is 2.43 bits per heavy atom. The maximum absolute atomic E-state index is 13.2. The van der Waals surface area contributed by atoms with Gasteiger partial charge >= 0.3 is 0 Å². The molecule has 3 aromatic heterocycles. The second-order valence-electron chi connectivity index (χ2n) is 11.1. The molecular formula is C30H37N5O2. The van der Waals surface area contributed by atoms with Crippen molar-refractivity contribution >= 4 is 17.3 Å². The van der Waals surface area contributed by atoms with Gasteiger partial charge in [0.1, 0.15) is 0 Å². The first-order chi connectivity index (χ1) is 17.5. The molecule has 3 heterocycles. The van der Waals surface area contributed by atoms with Crippen LogP contribution in [0.4, 0.5) is 0 Å². The molecule has 0 saturated heterocycles. The van der Waals surface area contributed by atoms with Gasteiger partial charge < -0.3 is 4.90 Å². The van der Waals surface area contributed by atoms with Gasteiger partial charge in [-0.15, -0.1) is 0 Å². The summed E-state index contributed by atoms with van der Waals surface area (Å²) in [5, 5.41) is 4.40. The minimum atomic E-state index is -0.376. The highest BCUT2D eigenvalue weighted by Gasteiger charge is 2.30. The fraction of sp³-hybridized carbons (Fsp3) is 0.433. The van der Waals surface area contributed by atoms with Crippen LogP contribution in [-0.2, 0) is 11.2 Å². The fourth-order valence-electron chi connectivity index (χ4n) is 4.82. The predicted molar refractivity (Wildman–Crippen MR) is 146 cm³/mol. The summed E-state index contributed by atoms with van der Waals surface area (Å²) in [4.78, 5) is 37.0. The van der Waals surface area contributed by atoms with E-state index in [0.29, 0.717) is 11.4 Å². The lowest BCUT2D eigenvalue weighted by atomic mass is 9.89. The monoisotopic (exact) mass is 499 g/mol. The second kappa shape index (κ2) is 10.4. The molecule has 37 heavy (non-hydrogen) atoms. The van der Waals surface area contributed by atoms with Gasteiger partial charge in [0.25, 0.3) is 0 Å². The summed E-state index contributed by atoms with van der Waals surface area (Å²) in [6, 6.07) is 8.12. The van der Waals surface area contributed by atoms with Crippen molar-refractivity contribution in [1.82, 2.24) is 24.6 Å². The summed E-state index contributed by atoms with van der Waals surface area (Å²) in [6.45, 7) is 11.7. The molecule has 1 aliphatic rings. The molecule has 1 aliphatic carbocycles. The number of carbonyl (C=O) groups excluding carboxylic acids is 2. The summed E-state index contributed by atoms with van der Waals surface area (Å²) < 4.78 is 1.70. The van der Waals surface area contributed by atoms with E-state index in [1.54, 1.807) is 17.1 Å². The average molecular weight is 500 g/mol. The molecule has 0 aromatic carbocycles. The maximum atomic E-state index is 13.2. The SMILES string of the molecule is Cc1ccc(-n2ncc(C(=O)Cc3ccc(C4=CCC(N(C)C(=O)C(C)(C)C)CC4)nc3C)c2C)nc1. The molecule has 0 N–H and O–H groups in total. The molecule has 1 atom stereocenters. The topological polar surface area (TPSA) is 81.0 Å². The van der Waals surface area contributed by atoms with Gasteiger partial charge in [0.2, 0.25) is 5.91 Å². The number of allylic oxidation sites excluding steroid dienone is 1. The van der Waals surface area contributed by atoms with Gasteiger partial charge in [0.15, 0.2) is 11.6 Å². The van der Waals surface area contributed by atoms with Crippen molar-refractivity contribution in [2.75, 3.05) is 7.05 Å². The van der Waals surface area contributed by atoms with Crippen LogP contribution >= 0.6 is 0 Å². The Labute approximate surface area is 219 Å². The number of rotatable bonds is 6. The van der Waals surface area contributed by atoms with Crippen LogP contribution in [0.3, 0.4) is 0 Å². The van der Waals surface area contributed by atoms with Crippen molar-refractivity contribution < 1.29 is 9.59 Å². The molecule has 1 amide bonds. The number of ketones is 1. The number of aromatic nitrogens is 4. The summed E-state index contributed by atoms with van der Waals surface area (Å²) in [5.74, 6) is 0.884. The van der Waals surface area contributed by atoms with Gasteiger partial charge in [0, 0.05) is 36.8 Å². The fourth-order valence-corrected chi connectivity index (χ4v) is 4.82. The quantitative estimate of drug-likeness (QED) is 0.421. The molecule has 1 unspecified atom stereocenters. The Kier molecular flexibility index (Phi) is 7.44. The zero-order valence-electron chi connectivity index (χ0n) is 23.0. The van der Waals surface area contributed by atoms with E-state index in [4.69, 9.17) is 4.98 Å². The minimum Gasteiger partial charge on any atom is -0.342 e. The Bertz CT molecular complexity index is 1350. The number of hydrogen-bond acceptors (Lipinski definition) is 5. The molecule has 0 saturated carbocycles. The Hall–Kier alpha value is -3.61. The zero-order chi connectivity index (χ0) is 26.9. The molecule has 3 aromatic rings. The van der Waals surface area contributed by atoms with Crippen molar-refractivity contribution in [2.24, 2.45) is 5.41 Å². The van der Waals surface area contributed by atoms with Crippen LogP contribution in [0.1, 0.15) is 78.6 Å². The van der Waals surface area contributed by atoms with E-state index in [9.17, 15) is 9.59 Å². The number of carbonyl (C=O) groups is 2. The van der Waals surface area contributed by atoms with Gasteiger partial charge in [-0.2, -0.15) is 5.10 Å². The van der Waals surface area contributed by atoms with Crippen molar-refractivity contribution in [2.45, 2.75) is 73.3 Å². The smallest absolute Gasteiger partial charge is 0.227 e.